The van der Waals surface area contributed by atoms with Gasteiger partial charge in [0, 0.05) is 28.6 Å². The van der Waals surface area contributed by atoms with Gasteiger partial charge in [-0.25, -0.2) is 4.68 Å². The van der Waals surface area contributed by atoms with E-state index in [1.807, 2.05) is 71.5 Å². The number of nitrogens with one attached hydrogen (secondary N) is 1. The summed E-state index contributed by atoms with van der Waals surface area (Å²) in [6.07, 6.45) is 6.67. The summed E-state index contributed by atoms with van der Waals surface area (Å²) in [5.41, 5.74) is 4.59. The van der Waals surface area contributed by atoms with E-state index < -0.39 is 0 Å². The molecule has 35 heavy (non-hydrogen) atoms. The molecular formula is C29H21N3O3. The maximum absolute atomic E-state index is 12.8. The van der Waals surface area contributed by atoms with Crippen molar-refractivity contribution in [3.63, 3.8) is 0 Å². The summed E-state index contributed by atoms with van der Waals surface area (Å²) >= 11 is 0. The van der Waals surface area contributed by atoms with Crippen LogP contribution in [0, 0.1) is 0 Å². The number of benzene rings is 3. The van der Waals surface area contributed by atoms with Crippen LogP contribution in [0.3, 0.4) is 0 Å². The lowest BCUT2D eigenvalue weighted by molar-refractivity contribution is 0.0996. The Morgan fingerprint density at radius 2 is 1.54 bits per heavy atom. The van der Waals surface area contributed by atoms with Crippen molar-refractivity contribution in [2.75, 3.05) is 5.32 Å². The number of rotatable bonds is 7. The Morgan fingerprint density at radius 1 is 0.829 bits per heavy atom. The molecule has 0 atom stereocenters. The van der Waals surface area contributed by atoms with Crippen LogP contribution < -0.4 is 5.32 Å². The number of hydrogen-bond donors (Lipinski definition) is 1. The lowest BCUT2D eigenvalue weighted by Crippen LogP contribution is -2.10. The van der Waals surface area contributed by atoms with E-state index >= 15 is 0 Å². The molecule has 3 aromatic carbocycles. The van der Waals surface area contributed by atoms with Gasteiger partial charge in [0.25, 0.3) is 5.91 Å². The van der Waals surface area contributed by atoms with Gasteiger partial charge in [0.05, 0.1) is 17.6 Å². The second-order valence-corrected chi connectivity index (χ2v) is 7.79. The summed E-state index contributed by atoms with van der Waals surface area (Å²) in [6, 6.07) is 29.6. The number of ketones is 1. The average molecular weight is 460 g/mol. The van der Waals surface area contributed by atoms with Crippen LogP contribution in [0.1, 0.15) is 26.5 Å². The van der Waals surface area contributed by atoms with Gasteiger partial charge in [-0.15, -0.1) is 0 Å². The minimum Gasteiger partial charge on any atom is -0.459 e. The number of amides is 1. The van der Waals surface area contributed by atoms with E-state index in [0.717, 1.165) is 22.5 Å². The highest BCUT2D eigenvalue weighted by Crippen LogP contribution is 2.25. The van der Waals surface area contributed by atoms with E-state index in [9.17, 15) is 9.59 Å². The van der Waals surface area contributed by atoms with Crippen molar-refractivity contribution in [3.05, 3.63) is 132 Å². The fraction of sp³-hybridized carbons (Fsp3) is 0. The smallest absolute Gasteiger partial charge is 0.291 e. The van der Waals surface area contributed by atoms with Gasteiger partial charge in [0.15, 0.2) is 11.5 Å². The number of allylic oxidation sites excluding steroid dienone is 1. The van der Waals surface area contributed by atoms with E-state index in [4.69, 9.17) is 9.52 Å². The van der Waals surface area contributed by atoms with Crippen molar-refractivity contribution in [1.29, 1.82) is 0 Å². The van der Waals surface area contributed by atoms with Crippen LogP contribution in [0.15, 0.2) is 120 Å². The van der Waals surface area contributed by atoms with E-state index in [2.05, 4.69) is 5.32 Å². The predicted molar refractivity (Wildman–Crippen MR) is 135 cm³/mol. The summed E-state index contributed by atoms with van der Waals surface area (Å²) in [7, 11) is 0. The van der Waals surface area contributed by atoms with Crippen molar-refractivity contribution >= 4 is 23.5 Å². The van der Waals surface area contributed by atoms with Gasteiger partial charge >= 0.3 is 0 Å². The molecule has 0 aliphatic rings. The number of carbonyl (C=O) groups is 2. The highest BCUT2D eigenvalue weighted by molar-refractivity contribution is 6.08. The number of nitrogens with zero attached hydrogens (tertiary/aromatic N) is 2. The molecule has 0 aliphatic heterocycles. The largest absolute Gasteiger partial charge is 0.459 e. The van der Waals surface area contributed by atoms with Crippen molar-refractivity contribution in [2.45, 2.75) is 0 Å². The van der Waals surface area contributed by atoms with Crippen LogP contribution in [0.2, 0.25) is 0 Å². The second kappa shape index (κ2) is 9.89. The topological polar surface area (TPSA) is 77.1 Å². The lowest BCUT2D eigenvalue weighted by atomic mass is 10.1. The first-order valence-corrected chi connectivity index (χ1v) is 11.1. The molecule has 0 radical (unpaired) electrons. The molecule has 0 unspecified atom stereocenters. The Bertz CT molecular complexity index is 1470. The normalized spacial score (nSPS) is 11.0. The maximum Gasteiger partial charge on any atom is 0.291 e. The molecule has 0 saturated heterocycles. The molecule has 0 fully saturated rings. The van der Waals surface area contributed by atoms with E-state index in [1.165, 1.54) is 12.3 Å². The summed E-state index contributed by atoms with van der Waals surface area (Å²) < 4.78 is 6.90. The zero-order chi connectivity index (χ0) is 24.0. The molecule has 6 nitrogen and oxygen atoms in total. The first kappa shape index (κ1) is 21.9. The van der Waals surface area contributed by atoms with Gasteiger partial charge in [-0.1, -0.05) is 48.5 Å². The Kier molecular flexibility index (Phi) is 6.17. The molecule has 2 heterocycles. The van der Waals surface area contributed by atoms with Gasteiger partial charge in [-0.05, 0) is 60.7 Å². The van der Waals surface area contributed by atoms with Crippen LogP contribution in [0.5, 0.6) is 0 Å². The van der Waals surface area contributed by atoms with Gasteiger partial charge in [-0.3, -0.25) is 9.59 Å². The molecule has 5 aromatic rings. The molecule has 0 saturated carbocycles. The number of hydrogen-bond acceptors (Lipinski definition) is 4. The lowest BCUT2D eigenvalue weighted by Gasteiger charge is -2.04. The van der Waals surface area contributed by atoms with Crippen LogP contribution in [0.4, 0.5) is 5.69 Å². The summed E-state index contributed by atoms with van der Waals surface area (Å²) in [5, 5.41) is 7.51. The summed E-state index contributed by atoms with van der Waals surface area (Å²) in [4.78, 5) is 25.0. The Hall–Kier alpha value is -4.97. The van der Waals surface area contributed by atoms with Crippen LogP contribution in [-0.4, -0.2) is 21.5 Å². The van der Waals surface area contributed by atoms with Crippen LogP contribution in [-0.2, 0) is 0 Å². The zero-order valence-electron chi connectivity index (χ0n) is 18.7. The van der Waals surface area contributed by atoms with Gasteiger partial charge in [-0.2, -0.15) is 5.10 Å². The third kappa shape index (κ3) is 5.02. The Labute approximate surface area is 202 Å². The van der Waals surface area contributed by atoms with Crippen molar-refractivity contribution in [2.24, 2.45) is 0 Å². The van der Waals surface area contributed by atoms with Crippen LogP contribution >= 0.6 is 0 Å². The first-order chi connectivity index (χ1) is 17.2. The highest BCUT2D eigenvalue weighted by Gasteiger charge is 2.12. The predicted octanol–water partition coefficient (Wildman–Crippen LogP) is 6.28. The molecule has 5 rings (SSSR count). The number of carbonyl (C=O) groups excluding carboxylic acids is 2. The second-order valence-electron chi connectivity index (χ2n) is 7.79. The molecule has 6 heteroatoms. The van der Waals surface area contributed by atoms with E-state index in [1.54, 1.807) is 42.5 Å². The molecule has 1 amide bonds. The highest BCUT2D eigenvalue weighted by atomic mass is 16.3. The van der Waals surface area contributed by atoms with Gasteiger partial charge in [0.1, 0.15) is 0 Å². The molecule has 2 aromatic heterocycles. The number of anilines is 1. The third-order valence-corrected chi connectivity index (χ3v) is 5.40. The van der Waals surface area contributed by atoms with Crippen LogP contribution in [0.25, 0.3) is 23.0 Å². The number of furan rings is 1. The Balaban J connectivity index is 1.36. The van der Waals surface area contributed by atoms with Crippen molar-refractivity contribution in [3.8, 4) is 16.9 Å². The monoisotopic (exact) mass is 459 g/mol. The standard InChI is InChI=1S/C29H21N3O3/c33-26(21-13-16-24(17-14-21)30-29(34)27-12-7-19-35-27)18-15-23-20-32(25-10-5-2-6-11-25)31-28(23)22-8-3-1-4-9-22/h1-20H,(H,30,34)/b18-15+. The van der Waals surface area contributed by atoms with Crippen molar-refractivity contribution < 1.29 is 14.0 Å². The van der Waals surface area contributed by atoms with Gasteiger partial charge in [0.2, 0.25) is 0 Å². The van der Waals surface area contributed by atoms with Crippen molar-refractivity contribution in [1.82, 2.24) is 9.78 Å². The fourth-order valence-electron chi connectivity index (χ4n) is 3.62. The molecule has 0 aliphatic carbocycles. The fourth-order valence-corrected chi connectivity index (χ4v) is 3.62. The quantitative estimate of drug-likeness (QED) is 0.229. The van der Waals surface area contributed by atoms with Gasteiger partial charge < -0.3 is 9.73 Å². The third-order valence-electron chi connectivity index (χ3n) is 5.40. The molecule has 0 bridgehead atoms. The Morgan fingerprint density at radius 3 is 2.23 bits per heavy atom. The first-order valence-electron chi connectivity index (χ1n) is 11.1. The minimum absolute atomic E-state index is 0.152. The van der Waals surface area contributed by atoms with E-state index in [-0.39, 0.29) is 17.5 Å². The molecule has 0 spiro atoms. The summed E-state index contributed by atoms with van der Waals surface area (Å²) in [5.74, 6) is -0.281. The van der Waals surface area contributed by atoms with E-state index in [0.29, 0.717) is 11.3 Å². The number of para-hydroxylation sites is 1. The zero-order valence-corrected chi connectivity index (χ0v) is 18.7. The summed E-state index contributed by atoms with van der Waals surface area (Å²) in [6.45, 7) is 0. The average Bonchev–Trinajstić information content (AvgIpc) is 3.60. The molecular weight excluding hydrogens is 438 g/mol. The molecule has 1 N–H and O–H groups in total. The number of aromatic nitrogens is 2. The SMILES string of the molecule is O=C(/C=C/c1cn(-c2ccccc2)nc1-c1ccccc1)c1ccc(NC(=O)c2ccco2)cc1. The minimum atomic E-state index is -0.349. The maximum atomic E-state index is 12.8. The molecule has 170 valence electrons.